The van der Waals surface area contributed by atoms with Crippen LogP contribution in [0.25, 0.3) is 0 Å². The van der Waals surface area contributed by atoms with Gasteiger partial charge in [-0.05, 0) is 57.8 Å². The maximum Gasteiger partial charge on any atom is 0.306 e. The third-order valence-corrected chi connectivity index (χ3v) is 14.6. The Hall–Kier alpha value is -2.37. The van der Waals surface area contributed by atoms with E-state index in [9.17, 15) is 14.4 Å². The molecule has 0 fully saturated rings. The minimum absolute atomic E-state index is 0.0689. The minimum Gasteiger partial charge on any atom is -0.462 e. The quantitative estimate of drug-likeness (QED) is 0.0261. The molecule has 0 aliphatic rings. The summed E-state index contributed by atoms with van der Waals surface area (Å²) in [5.74, 6) is -0.851. The summed E-state index contributed by atoms with van der Waals surface area (Å²) in [6.45, 7) is 6.68. The first-order valence-corrected chi connectivity index (χ1v) is 32.5. The van der Waals surface area contributed by atoms with Crippen LogP contribution in [0.2, 0.25) is 0 Å². The fraction of sp³-hybridized carbons (Fsp3) is 0.866. The first kappa shape index (κ1) is 70.6. The van der Waals surface area contributed by atoms with Gasteiger partial charge in [-0.2, -0.15) is 0 Å². The van der Waals surface area contributed by atoms with Crippen molar-refractivity contribution in [2.24, 2.45) is 0 Å². The molecule has 0 radical (unpaired) electrons. The van der Waals surface area contributed by atoms with Gasteiger partial charge in [-0.25, -0.2) is 0 Å². The molecule has 0 saturated heterocycles. The second-order valence-electron chi connectivity index (χ2n) is 22.0. The number of hydrogen-bond acceptors (Lipinski definition) is 6. The van der Waals surface area contributed by atoms with E-state index in [1.54, 1.807) is 0 Å². The van der Waals surface area contributed by atoms with Gasteiger partial charge in [0.25, 0.3) is 0 Å². The Balaban J connectivity index is 4.29. The van der Waals surface area contributed by atoms with Crippen LogP contribution >= 0.6 is 0 Å². The fourth-order valence-electron chi connectivity index (χ4n) is 9.75. The van der Waals surface area contributed by atoms with Crippen LogP contribution in [-0.4, -0.2) is 37.2 Å². The Labute approximate surface area is 455 Å². The summed E-state index contributed by atoms with van der Waals surface area (Å²) >= 11 is 0. The van der Waals surface area contributed by atoms with Crippen LogP contribution in [0.15, 0.2) is 36.5 Å². The monoisotopic (exact) mass is 1020 g/mol. The number of rotatable bonds is 60. The molecule has 0 bridgehead atoms. The fourth-order valence-corrected chi connectivity index (χ4v) is 9.75. The molecule has 0 aromatic carbocycles. The molecule has 6 heteroatoms. The molecule has 0 aliphatic heterocycles. The number of unbranched alkanes of at least 4 members (excludes halogenated alkanes) is 43. The van der Waals surface area contributed by atoms with Crippen LogP contribution in [0, 0.1) is 0 Å². The van der Waals surface area contributed by atoms with Gasteiger partial charge in [0.1, 0.15) is 13.2 Å². The zero-order valence-corrected chi connectivity index (χ0v) is 49.2. The normalized spacial score (nSPS) is 12.2. The Morgan fingerprint density at radius 2 is 0.493 bits per heavy atom. The van der Waals surface area contributed by atoms with E-state index in [-0.39, 0.29) is 31.1 Å². The van der Waals surface area contributed by atoms with Gasteiger partial charge in [-0.1, -0.05) is 314 Å². The standard InChI is InChI=1S/C67H124O6/c1-4-7-10-13-16-19-22-25-27-29-31-32-33-34-36-37-39-42-45-48-51-54-57-60-66(69)72-63-64(62-71-65(68)59-56-53-50-47-44-41-24-21-18-15-12-9-6-3)73-67(70)61-58-55-52-49-46-43-40-38-35-30-28-26-23-20-17-14-11-8-5-2/h22,25,29,31,33-34,64H,4-21,23-24,26-28,30,32,35-63H2,1-3H3/b25-22-,31-29-,34-33-. The zero-order chi connectivity index (χ0) is 52.9. The summed E-state index contributed by atoms with van der Waals surface area (Å²) in [6, 6.07) is 0. The molecule has 1 atom stereocenters. The molecule has 73 heavy (non-hydrogen) atoms. The van der Waals surface area contributed by atoms with Crippen molar-refractivity contribution < 1.29 is 28.6 Å². The van der Waals surface area contributed by atoms with E-state index in [1.165, 1.54) is 238 Å². The Bertz CT molecular complexity index is 1220. The summed E-state index contributed by atoms with van der Waals surface area (Å²) in [5, 5.41) is 0. The molecule has 0 saturated carbocycles. The van der Waals surface area contributed by atoms with Gasteiger partial charge >= 0.3 is 17.9 Å². The first-order chi connectivity index (χ1) is 36.0. The van der Waals surface area contributed by atoms with Crippen LogP contribution in [0.1, 0.15) is 355 Å². The van der Waals surface area contributed by atoms with Gasteiger partial charge < -0.3 is 14.2 Å². The maximum absolute atomic E-state index is 12.9. The SMILES string of the molecule is CCCCCCC/C=C\C/C=C\C/C=C\CCCCCCCCCCC(=O)OCC(COC(=O)CCCCCCCCCCCCCCC)OC(=O)CCCCCCCCCCCCCCCCCCCCC. The predicted molar refractivity (Wildman–Crippen MR) is 316 cm³/mol. The highest BCUT2D eigenvalue weighted by Crippen LogP contribution is 2.18. The molecule has 0 aromatic heterocycles. The third kappa shape index (κ3) is 60.4. The summed E-state index contributed by atoms with van der Waals surface area (Å²) in [7, 11) is 0. The van der Waals surface area contributed by atoms with E-state index in [4.69, 9.17) is 14.2 Å². The number of carbonyl (C=O) groups excluding carboxylic acids is 3. The van der Waals surface area contributed by atoms with E-state index in [2.05, 4.69) is 57.2 Å². The van der Waals surface area contributed by atoms with Crippen LogP contribution in [0.4, 0.5) is 0 Å². The molecular weight excluding hydrogens is 901 g/mol. The van der Waals surface area contributed by atoms with Gasteiger partial charge in [0.15, 0.2) is 6.10 Å². The molecular formula is C67H124O6. The molecule has 428 valence electrons. The van der Waals surface area contributed by atoms with Crippen LogP contribution in [0.3, 0.4) is 0 Å². The first-order valence-electron chi connectivity index (χ1n) is 32.5. The number of ether oxygens (including phenoxy) is 3. The molecule has 0 N–H and O–H groups in total. The summed E-state index contributed by atoms with van der Waals surface area (Å²) in [5.41, 5.74) is 0. The number of allylic oxidation sites excluding steroid dienone is 6. The van der Waals surface area contributed by atoms with Gasteiger partial charge in [-0.3, -0.25) is 14.4 Å². The van der Waals surface area contributed by atoms with Crippen LogP contribution < -0.4 is 0 Å². The second kappa shape index (κ2) is 62.2. The van der Waals surface area contributed by atoms with E-state index >= 15 is 0 Å². The van der Waals surface area contributed by atoms with E-state index in [0.29, 0.717) is 19.3 Å². The molecule has 6 nitrogen and oxygen atoms in total. The van der Waals surface area contributed by atoms with Crippen molar-refractivity contribution in [3.63, 3.8) is 0 Å². The highest BCUT2D eigenvalue weighted by Gasteiger charge is 2.19. The van der Waals surface area contributed by atoms with Crippen molar-refractivity contribution in [2.75, 3.05) is 13.2 Å². The molecule has 0 rings (SSSR count). The van der Waals surface area contributed by atoms with Crippen molar-refractivity contribution in [3.05, 3.63) is 36.5 Å². The van der Waals surface area contributed by atoms with Crippen LogP contribution in [-0.2, 0) is 28.6 Å². The van der Waals surface area contributed by atoms with Crippen molar-refractivity contribution in [1.29, 1.82) is 0 Å². The number of esters is 3. The smallest absolute Gasteiger partial charge is 0.306 e. The highest BCUT2D eigenvalue weighted by molar-refractivity contribution is 5.71. The summed E-state index contributed by atoms with van der Waals surface area (Å²) in [6.07, 6.45) is 75.8. The summed E-state index contributed by atoms with van der Waals surface area (Å²) in [4.78, 5) is 38.3. The van der Waals surface area contributed by atoms with Gasteiger partial charge in [0.2, 0.25) is 0 Å². The maximum atomic E-state index is 12.9. The molecule has 0 aromatic rings. The summed E-state index contributed by atoms with van der Waals surface area (Å²) < 4.78 is 16.9. The Morgan fingerprint density at radius 3 is 0.767 bits per heavy atom. The molecule has 0 spiro atoms. The van der Waals surface area contributed by atoms with Gasteiger partial charge in [0.05, 0.1) is 0 Å². The lowest BCUT2D eigenvalue weighted by molar-refractivity contribution is -0.167. The lowest BCUT2D eigenvalue weighted by Crippen LogP contribution is -2.30. The Kier molecular flexibility index (Phi) is 60.2. The molecule has 0 amide bonds. The highest BCUT2D eigenvalue weighted by atomic mass is 16.6. The number of carbonyl (C=O) groups is 3. The number of hydrogen-bond donors (Lipinski definition) is 0. The average Bonchev–Trinajstić information content (AvgIpc) is 3.39. The third-order valence-electron chi connectivity index (χ3n) is 14.6. The zero-order valence-electron chi connectivity index (χ0n) is 49.2. The van der Waals surface area contributed by atoms with Gasteiger partial charge in [-0.15, -0.1) is 0 Å². The average molecular weight is 1030 g/mol. The molecule has 0 heterocycles. The van der Waals surface area contributed by atoms with Crippen molar-refractivity contribution in [1.82, 2.24) is 0 Å². The Morgan fingerprint density at radius 1 is 0.274 bits per heavy atom. The second-order valence-corrected chi connectivity index (χ2v) is 22.0. The van der Waals surface area contributed by atoms with Gasteiger partial charge in [0, 0.05) is 19.3 Å². The van der Waals surface area contributed by atoms with E-state index in [1.807, 2.05) is 0 Å². The lowest BCUT2D eigenvalue weighted by Gasteiger charge is -2.18. The van der Waals surface area contributed by atoms with Crippen molar-refractivity contribution in [2.45, 2.75) is 361 Å². The van der Waals surface area contributed by atoms with E-state index < -0.39 is 6.10 Å². The van der Waals surface area contributed by atoms with Crippen LogP contribution in [0.5, 0.6) is 0 Å². The minimum atomic E-state index is -0.772. The van der Waals surface area contributed by atoms with E-state index in [0.717, 1.165) is 77.0 Å². The lowest BCUT2D eigenvalue weighted by atomic mass is 10.0. The predicted octanol–water partition coefficient (Wildman–Crippen LogP) is 22.0. The largest absolute Gasteiger partial charge is 0.462 e. The molecule has 1 unspecified atom stereocenters. The topological polar surface area (TPSA) is 78.9 Å². The van der Waals surface area contributed by atoms with Crippen molar-refractivity contribution >= 4 is 17.9 Å². The van der Waals surface area contributed by atoms with Crippen molar-refractivity contribution in [3.8, 4) is 0 Å². The molecule has 0 aliphatic carbocycles.